The van der Waals surface area contributed by atoms with Crippen molar-refractivity contribution in [2.45, 2.75) is 26.2 Å². The standard InChI is InChI=1S/C19H26N4O3/c1-5-6-7-12-26-15-10-8-14(9-11-15)18(24)21-16-13-20-19(25-4)22-17(16)23(2)3/h8-11,13H,5-7,12H2,1-4H3,(H,21,24). The van der Waals surface area contributed by atoms with Crippen molar-refractivity contribution < 1.29 is 14.3 Å². The second-order valence-corrected chi connectivity index (χ2v) is 6.02. The Hall–Kier alpha value is -2.83. The van der Waals surface area contributed by atoms with E-state index in [1.54, 1.807) is 29.2 Å². The zero-order valence-electron chi connectivity index (χ0n) is 15.8. The van der Waals surface area contributed by atoms with Gasteiger partial charge in [0.05, 0.1) is 19.9 Å². The summed E-state index contributed by atoms with van der Waals surface area (Å²) < 4.78 is 10.7. The number of rotatable bonds is 9. The molecule has 26 heavy (non-hydrogen) atoms. The van der Waals surface area contributed by atoms with Gasteiger partial charge in [0.25, 0.3) is 5.91 Å². The summed E-state index contributed by atoms with van der Waals surface area (Å²) in [5.74, 6) is 1.10. The van der Waals surface area contributed by atoms with E-state index in [0.29, 0.717) is 23.7 Å². The van der Waals surface area contributed by atoms with Crippen molar-refractivity contribution in [3.8, 4) is 11.8 Å². The molecule has 0 saturated heterocycles. The normalized spacial score (nSPS) is 10.3. The number of benzene rings is 1. The number of nitrogens with one attached hydrogen (secondary N) is 1. The number of ether oxygens (including phenoxy) is 2. The number of nitrogens with zero attached hydrogens (tertiary/aromatic N) is 3. The first kappa shape index (κ1) is 19.5. The fourth-order valence-electron chi connectivity index (χ4n) is 2.32. The Kier molecular flexibility index (Phi) is 7.20. The summed E-state index contributed by atoms with van der Waals surface area (Å²) in [6, 6.07) is 7.33. The van der Waals surface area contributed by atoms with Gasteiger partial charge in [-0.25, -0.2) is 4.98 Å². The summed E-state index contributed by atoms with van der Waals surface area (Å²) in [6.07, 6.45) is 4.87. The van der Waals surface area contributed by atoms with Crippen LogP contribution in [0.3, 0.4) is 0 Å². The fourth-order valence-corrected chi connectivity index (χ4v) is 2.32. The molecule has 1 aromatic carbocycles. The largest absolute Gasteiger partial charge is 0.494 e. The lowest BCUT2D eigenvalue weighted by Crippen LogP contribution is -2.18. The molecule has 7 heteroatoms. The van der Waals surface area contributed by atoms with Gasteiger partial charge >= 0.3 is 6.01 Å². The number of hydrogen-bond acceptors (Lipinski definition) is 6. The zero-order valence-corrected chi connectivity index (χ0v) is 15.8. The smallest absolute Gasteiger partial charge is 0.318 e. The van der Waals surface area contributed by atoms with Crippen LogP contribution in [0.1, 0.15) is 36.5 Å². The molecule has 0 unspecified atom stereocenters. The monoisotopic (exact) mass is 358 g/mol. The number of hydrogen-bond donors (Lipinski definition) is 1. The van der Waals surface area contributed by atoms with Crippen LogP contribution in [0.15, 0.2) is 30.5 Å². The molecule has 0 saturated carbocycles. The molecule has 0 radical (unpaired) electrons. The van der Waals surface area contributed by atoms with Crippen LogP contribution < -0.4 is 19.7 Å². The molecular formula is C19H26N4O3. The average Bonchev–Trinajstić information content (AvgIpc) is 2.65. The van der Waals surface area contributed by atoms with Crippen LogP contribution in [-0.2, 0) is 0 Å². The highest BCUT2D eigenvalue weighted by atomic mass is 16.5. The number of anilines is 2. The lowest BCUT2D eigenvalue weighted by molar-refractivity contribution is 0.102. The van der Waals surface area contributed by atoms with E-state index >= 15 is 0 Å². The van der Waals surface area contributed by atoms with Crippen LogP contribution in [0.4, 0.5) is 11.5 Å². The van der Waals surface area contributed by atoms with Crippen molar-refractivity contribution in [1.82, 2.24) is 9.97 Å². The highest BCUT2D eigenvalue weighted by molar-refractivity contribution is 6.05. The van der Waals surface area contributed by atoms with Gasteiger partial charge in [-0.2, -0.15) is 4.98 Å². The molecule has 7 nitrogen and oxygen atoms in total. The molecule has 1 amide bonds. The maximum Gasteiger partial charge on any atom is 0.318 e. The molecule has 0 atom stereocenters. The van der Waals surface area contributed by atoms with E-state index in [-0.39, 0.29) is 11.9 Å². The van der Waals surface area contributed by atoms with E-state index in [9.17, 15) is 4.79 Å². The molecule has 2 rings (SSSR count). The van der Waals surface area contributed by atoms with E-state index in [1.165, 1.54) is 13.3 Å². The second-order valence-electron chi connectivity index (χ2n) is 6.02. The minimum absolute atomic E-state index is 0.237. The van der Waals surface area contributed by atoms with Gasteiger partial charge < -0.3 is 19.7 Å². The van der Waals surface area contributed by atoms with Crippen LogP contribution in [0.2, 0.25) is 0 Å². The molecule has 2 aromatic rings. The van der Waals surface area contributed by atoms with Gasteiger partial charge in [0.15, 0.2) is 5.82 Å². The molecule has 1 N–H and O–H groups in total. The summed E-state index contributed by atoms with van der Waals surface area (Å²) in [4.78, 5) is 22.6. The first-order valence-corrected chi connectivity index (χ1v) is 8.67. The molecule has 0 aliphatic rings. The lowest BCUT2D eigenvalue weighted by Gasteiger charge is -2.16. The zero-order chi connectivity index (χ0) is 18.9. The third kappa shape index (κ3) is 5.34. The predicted molar refractivity (Wildman–Crippen MR) is 102 cm³/mol. The number of unbranched alkanes of at least 4 members (excludes halogenated alkanes) is 2. The van der Waals surface area contributed by atoms with Crippen molar-refractivity contribution in [2.75, 3.05) is 38.0 Å². The number of carbonyl (C=O) groups is 1. The van der Waals surface area contributed by atoms with Gasteiger partial charge in [0.1, 0.15) is 11.4 Å². The summed E-state index contributed by atoms with van der Waals surface area (Å²) in [5.41, 5.74) is 1.05. The third-order valence-electron chi connectivity index (χ3n) is 3.73. The number of aromatic nitrogens is 2. The van der Waals surface area contributed by atoms with Crippen LogP contribution in [0.5, 0.6) is 11.8 Å². The number of methoxy groups -OCH3 is 1. The van der Waals surface area contributed by atoms with E-state index in [2.05, 4.69) is 22.2 Å². The summed E-state index contributed by atoms with van der Waals surface area (Å²) >= 11 is 0. The Morgan fingerprint density at radius 1 is 1.19 bits per heavy atom. The quantitative estimate of drug-likeness (QED) is 0.693. The van der Waals surface area contributed by atoms with Crippen LogP contribution >= 0.6 is 0 Å². The SMILES string of the molecule is CCCCCOc1ccc(C(=O)Nc2cnc(OC)nc2N(C)C)cc1. The number of carbonyl (C=O) groups excluding carboxylic acids is 1. The molecule has 140 valence electrons. The molecule has 1 aromatic heterocycles. The summed E-state index contributed by atoms with van der Waals surface area (Å²) in [6.45, 7) is 2.84. The first-order chi connectivity index (χ1) is 12.5. The Morgan fingerprint density at radius 3 is 2.54 bits per heavy atom. The highest BCUT2D eigenvalue weighted by Gasteiger charge is 2.14. The Morgan fingerprint density at radius 2 is 1.92 bits per heavy atom. The van der Waals surface area contributed by atoms with E-state index < -0.39 is 0 Å². The van der Waals surface area contributed by atoms with Crippen molar-refractivity contribution in [3.05, 3.63) is 36.0 Å². The van der Waals surface area contributed by atoms with Crippen molar-refractivity contribution in [3.63, 3.8) is 0 Å². The summed E-state index contributed by atoms with van der Waals surface area (Å²) in [7, 11) is 5.17. The Balaban J connectivity index is 2.03. The van der Waals surface area contributed by atoms with E-state index in [4.69, 9.17) is 9.47 Å². The van der Waals surface area contributed by atoms with Crippen LogP contribution in [0.25, 0.3) is 0 Å². The first-order valence-electron chi connectivity index (χ1n) is 8.67. The number of amides is 1. The van der Waals surface area contributed by atoms with Gasteiger partial charge in [-0.3, -0.25) is 4.79 Å². The fraction of sp³-hybridized carbons (Fsp3) is 0.421. The molecule has 1 heterocycles. The van der Waals surface area contributed by atoms with E-state index in [0.717, 1.165) is 25.0 Å². The summed E-state index contributed by atoms with van der Waals surface area (Å²) in [5, 5.41) is 2.84. The molecule has 0 aliphatic heterocycles. The maximum atomic E-state index is 12.5. The molecular weight excluding hydrogens is 332 g/mol. The third-order valence-corrected chi connectivity index (χ3v) is 3.73. The van der Waals surface area contributed by atoms with Crippen molar-refractivity contribution in [2.24, 2.45) is 0 Å². The van der Waals surface area contributed by atoms with Crippen LogP contribution in [0, 0.1) is 0 Å². The highest BCUT2D eigenvalue weighted by Crippen LogP contribution is 2.23. The van der Waals surface area contributed by atoms with Gasteiger partial charge in [-0.05, 0) is 30.7 Å². The van der Waals surface area contributed by atoms with Gasteiger partial charge in [0, 0.05) is 19.7 Å². The minimum atomic E-state index is -0.237. The predicted octanol–water partition coefficient (Wildman–Crippen LogP) is 3.37. The minimum Gasteiger partial charge on any atom is -0.494 e. The lowest BCUT2D eigenvalue weighted by atomic mass is 10.2. The van der Waals surface area contributed by atoms with Gasteiger partial charge in [-0.1, -0.05) is 19.8 Å². The van der Waals surface area contributed by atoms with Crippen molar-refractivity contribution in [1.29, 1.82) is 0 Å². The molecule has 0 bridgehead atoms. The Labute approximate surface area is 154 Å². The van der Waals surface area contributed by atoms with Gasteiger partial charge in [0.2, 0.25) is 0 Å². The van der Waals surface area contributed by atoms with Crippen molar-refractivity contribution >= 4 is 17.4 Å². The Bertz CT molecular complexity index is 717. The maximum absolute atomic E-state index is 12.5. The molecule has 0 fully saturated rings. The van der Waals surface area contributed by atoms with E-state index in [1.807, 2.05) is 14.1 Å². The topological polar surface area (TPSA) is 76.6 Å². The second kappa shape index (κ2) is 9.60. The van der Waals surface area contributed by atoms with Crippen LogP contribution in [-0.4, -0.2) is 43.7 Å². The molecule has 0 spiro atoms. The van der Waals surface area contributed by atoms with Gasteiger partial charge in [-0.15, -0.1) is 0 Å². The average molecular weight is 358 g/mol. The molecule has 0 aliphatic carbocycles.